The van der Waals surface area contributed by atoms with Gasteiger partial charge in [-0.15, -0.1) is 0 Å². The summed E-state index contributed by atoms with van der Waals surface area (Å²) in [6, 6.07) is 13.8. The van der Waals surface area contributed by atoms with Crippen LogP contribution in [0.5, 0.6) is 0 Å². The van der Waals surface area contributed by atoms with Crippen molar-refractivity contribution < 1.29 is 9.53 Å². The molecule has 1 amide bonds. The Morgan fingerprint density at radius 3 is 2.83 bits per heavy atom. The molecule has 1 saturated heterocycles. The normalized spacial score (nSPS) is 17.5. The van der Waals surface area contributed by atoms with E-state index < -0.39 is 0 Å². The Labute approximate surface area is 147 Å². The van der Waals surface area contributed by atoms with Crippen molar-refractivity contribution in [1.82, 2.24) is 5.32 Å². The molecule has 5 heteroatoms. The van der Waals surface area contributed by atoms with Crippen LogP contribution in [-0.4, -0.2) is 31.7 Å². The first-order valence-electron chi connectivity index (χ1n) is 8.09. The first-order valence-corrected chi connectivity index (χ1v) is 8.47. The van der Waals surface area contributed by atoms with E-state index in [0.29, 0.717) is 24.7 Å². The number of carbonyl (C=O) groups excluding carboxylic acids is 1. The van der Waals surface area contributed by atoms with Gasteiger partial charge in [0, 0.05) is 29.7 Å². The van der Waals surface area contributed by atoms with Gasteiger partial charge in [-0.1, -0.05) is 29.8 Å². The van der Waals surface area contributed by atoms with E-state index in [4.69, 9.17) is 16.3 Å². The molecule has 0 saturated carbocycles. The topological polar surface area (TPSA) is 50.4 Å². The highest BCUT2D eigenvalue weighted by atomic mass is 35.5. The van der Waals surface area contributed by atoms with Crippen LogP contribution in [0.4, 0.5) is 5.69 Å². The van der Waals surface area contributed by atoms with Crippen LogP contribution in [0.3, 0.4) is 0 Å². The number of ether oxygens (including phenoxy) is 1. The molecule has 2 aromatic rings. The largest absolute Gasteiger partial charge is 0.378 e. The average Bonchev–Trinajstić information content (AvgIpc) is 2.57. The van der Waals surface area contributed by atoms with Crippen LogP contribution in [-0.2, 0) is 9.53 Å². The van der Waals surface area contributed by atoms with E-state index in [1.807, 2.05) is 43.3 Å². The van der Waals surface area contributed by atoms with E-state index in [1.165, 1.54) is 0 Å². The second kappa shape index (κ2) is 7.79. The molecule has 0 aliphatic carbocycles. The molecule has 1 unspecified atom stereocenters. The second-order valence-corrected chi connectivity index (χ2v) is 6.45. The SMILES string of the molecule is Cc1cc(-c2cccc(Cl)c2)ccc1NC(=O)CC1COCCN1. The molecule has 1 aliphatic heterocycles. The minimum Gasteiger partial charge on any atom is -0.378 e. The summed E-state index contributed by atoms with van der Waals surface area (Å²) in [7, 11) is 0. The Hall–Kier alpha value is -1.88. The zero-order valence-corrected chi connectivity index (χ0v) is 14.4. The summed E-state index contributed by atoms with van der Waals surface area (Å²) in [5, 5.41) is 6.99. The quantitative estimate of drug-likeness (QED) is 0.890. The van der Waals surface area contributed by atoms with E-state index >= 15 is 0 Å². The fourth-order valence-electron chi connectivity index (χ4n) is 2.83. The van der Waals surface area contributed by atoms with Crippen LogP contribution in [0, 0.1) is 6.92 Å². The summed E-state index contributed by atoms with van der Waals surface area (Å²) in [6.45, 7) is 4.08. The van der Waals surface area contributed by atoms with Gasteiger partial charge in [-0.2, -0.15) is 0 Å². The maximum absolute atomic E-state index is 12.2. The van der Waals surface area contributed by atoms with Gasteiger partial charge in [0.1, 0.15) is 0 Å². The number of halogens is 1. The number of benzene rings is 2. The second-order valence-electron chi connectivity index (χ2n) is 6.02. The molecule has 24 heavy (non-hydrogen) atoms. The Kier molecular flexibility index (Phi) is 5.51. The Morgan fingerprint density at radius 2 is 2.12 bits per heavy atom. The van der Waals surface area contributed by atoms with Gasteiger partial charge >= 0.3 is 0 Å². The summed E-state index contributed by atoms with van der Waals surface area (Å²) >= 11 is 6.05. The lowest BCUT2D eigenvalue weighted by molar-refractivity contribution is -0.117. The van der Waals surface area contributed by atoms with Gasteiger partial charge in [-0.3, -0.25) is 4.79 Å². The van der Waals surface area contributed by atoms with Crippen LogP contribution < -0.4 is 10.6 Å². The molecular formula is C19H21ClN2O2. The summed E-state index contributed by atoms with van der Waals surface area (Å²) in [6.07, 6.45) is 0.412. The molecule has 3 rings (SSSR count). The number of hydrogen-bond acceptors (Lipinski definition) is 3. The highest BCUT2D eigenvalue weighted by molar-refractivity contribution is 6.30. The van der Waals surface area contributed by atoms with Crippen molar-refractivity contribution in [2.45, 2.75) is 19.4 Å². The van der Waals surface area contributed by atoms with Crippen molar-refractivity contribution in [1.29, 1.82) is 0 Å². The molecule has 1 heterocycles. The van der Waals surface area contributed by atoms with E-state index in [-0.39, 0.29) is 11.9 Å². The monoisotopic (exact) mass is 344 g/mol. The molecular weight excluding hydrogens is 324 g/mol. The van der Waals surface area contributed by atoms with Gasteiger partial charge in [0.05, 0.1) is 13.2 Å². The minimum absolute atomic E-state index is 0.00314. The van der Waals surface area contributed by atoms with E-state index in [0.717, 1.165) is 28.9 Å². The van der Waals surface area contributed by atoms with Crippen LogP contribution in [0.15, 0.2) is 42.5 Å². The molecule has 4 nitrogen and oxygen atoms in total. The zero-order valence-electron chi connectivity index (χ0n) is 13.6. The first kappa shape index (κ1) is 17.0. The smallest absolute Gasteiger partial charge is 0.226 e. The third-order valence-electron chi connectivity index (χ3n) is 4.09. The van der Waals surface area contributed by atoms with E-state index in [1.54, 1.807) is 0 Å². The predicted molar refractivity (Wildman–Crippen MR) is 97.5 cm³/mol. The Morgan fingerprint density at radius 1 is 1.29 bits per heavy atom. The molecule has 1 atom stereocenters. The number of nitrogens with one attached hydrogen (secondary N) is 2. The third kappa shape index (κ3) is 4.35. The number of amides is 1. The fourth-order valence-corrected chi connectivity index (χ4v) is 3.02. The highest BCUT2D eigenvalue weighted by Gasteiger charge is 2.17. The molecule has 2 aromatic carbocycles. The Balaban J connectivity index is 1.67. The van der Waals surface area contributed by atoms with Gasteiger partial charge in [0.2, 0.25) is 5.91 Å². The molecule has 0 bridgehead atoms. The lowest BCUT2D eigenvalue weighted by Gasteiger charge is -2.23. The maximum atomic E-state index is 12.2. The van der Waals surface area contributed by atoms with Crippen molar-refractivity contribution in [2.24, 2.45) is 0 Å². The summed E-state index contributed by atoms with van der Waals surface area (Å²) in [5.74, 6) is -0.00314. The van der Waals surface area contributed by atoms with Crippen LogP contribution >= 0.6 is 11.6 Å². The van der Waals surface area contributed by atoms with Crippen molar-refractivity contribution in [3.63, 3.8) is 0 Å². The van der Waals surface area contributed by atoms with Crippen molar-refractivity contribution in [2.75, 3.05) is 25.1 Å². The van der Waals surface area contributed by atoms with Gasteiger partial charge in [0.15, 0.2) is 0 Å². The number of aryl methyl sites for hydroxylation is 1. The van der Waals surface area contributed by atoms with E-state index in [2.05, 4.69) is 16.7 Å². The highest BCUT2D eigenvalue weighted by Crippen LogP contribution is 2.26. The van der Waals surface area contributed by atoms with Crippen molar-refractivity contribution in [3.8, 4) is 11.1 Å². The summed E-state index contributed by atoms with van der Waals surface area (Å²) in [5.41, 5.74) is 4.00. The number of carbonyl (C=O) groups is 1. The number of morpholine rings is 1. The van der Waals surface area contributed by atoms with Gasteiger partial charge in [0.25, 0.3) is 0 Å². The van der Waals surface area contributed by atoms with Crippen LogP contribution in [0.2, 0.25) is 5.02 Å². The van der Waals surface area contributed by atoms with Gasteiger partial charge < -0.3 is 15.4 Å². The molecule has 0 aromatic heterocycles. The lowest BCUT2D eigenvalue weighted by atomic mass is 10.0. The molecule has 126 valence electrons. The van der Waals surface area contributed by atoms with Gasteiger partial charge in [-0.25, -0.2) is 0 Å². The zero-order chi connectivity index (χ0) is 16.9. The minimum atomic E-state index is -0.00314. The van der Waals surface area contributed by atoms with Crippen molar-refractivity contribution in [3.05, 3.63) is 53.1 Å². The maximum Gasteiger partial charge on any atom is 0.226 e. The van der Waals surface area contributed by atoms with Crippen LogP contribution in [0.25, 0.3) is 11.1 Å². The van der Waals surface area contributed by atoms with Crippen LogP contribution in [0.1, 0.15) is 12.0 Å². The number of anilines is 1. The predicted octanol–water partition coefficient (Wildman–Crippen LogP) is 3.63. The third-order valence-corrected chi connectivity index (χ3v) is 4.32. The molecule has 1 aliphatic rings. The van der Waals surface area contributed by atoms with E-state index in [9.17, 15) is 4.79 Å². The first-order chi connectivity index (χ1) is 11.6. The lowest BCUT2D eigenvalue weighted by Crippen LogP contribution is -2.43. The molecule has 0 radical (unpaired) electrons. The average molecular weight is 345 g/mol. The van der Waals surface area contributed by atoms with Gasteiger partial charge in [-0.05, 0) is 47.9 Å². The summed E-state index contributed by atoms with van der Waals surface area (Å²) < 4.78 is 5.38. The molecule has 2 N–H and O–H groups in total. The standard InChI is InChI=1S/C19H21ClN2O2/c1-13-9-15(14-3-2-4-16(20)10-14)5-6-18(13)22-19(23)11-17-12-24-8-7-21-17/h2-6,9-10,17,21H,7-8,11-12H2,1H3,(H,22,23). The van der Waals surface area contributed by atoms with Crippen molar-refractivity contribution >= 4 is 23.2 Å². The number of rotatable bonds is 4. The fraction of sp³-hybridized carbons (Fsp3) is 0.316. The molecule has 1 fully saturated rings. The Bertz CT molecular complexity index is 727. The summed E-state index contributed by atoms with van der Waals surface area (Å²) in [4.78, 5) is 12.2. The molecule has 0 spiro atoms. The number of hydrogen-bond donors (Lipinski definition) is 2.